The fraction of sp³-hybridized carbons (Fsp3) is 0.300. The summed E-state index contributed by atoms with van der Waals surface area (Å²) < 4.78 is 19.3. The van der Waals surface area contributed by atoms with Crippen molar-refractivity contribution in [1.29, 1.82) is 0 Å². The highest BCUT2D eigenvalue weighted by Crippen LogP contribution is 2.29. The van der Waals surface area contributed by atoms with Crippen molar-refractivity contribution in [3.63, 3.8) is 0 Å². The van der Waals surface area contributed by atoms with Crippen LogP contribution in [0.25, 0.3) is 10.2 Å². The first-order chi connectivity index (χ1) is 13.6. The summed E-state index contributed by atoms with van der Waals surface area (Å²) in [7, 11) is 1.63. The van der Waals surface area contributed by atoms with E-state index in [0.717, 1.165) is 47.8 Å². The van der Waals surface area contributed by atoms with Crippen molar-refractivity contribution >= 4 is 38.3 Å². The van der Waals surface area contributed by atoms with E-state index >= 15 is 0 Å². The Bertz CT molecular complexity index is 968. The molecule has 0 unspecified atom stereocenters. The summed E-state index contributed by atoms with van der Waals surface area (Å²) in [6.07, 6.45) is 0. The molecule has 1 aromatic heterocycles. The zero-order valence-corrected chi connectivity index (χ0v) is 16.3. The summed E-state index contributed by atoms with van der Waals surface area (Å²) in [6.45, 7) is 3.50. The number of fused-ring (bicyclic) bond motifs is 1. The number of hydrogen-bond donors (Lipinski definition) is 1. The number of benzene rings is 2. The molecule has 0 radical (unpaired) electrons. The van der Waals surface area contributed by atoms with Gasteiger partial charge in [-0.25, -0.2) is 9.37 Å². The first kappa shape index (κ1) is 18.6. The Morgan fingerprint density at radius 2 is 1.93 bits per heavy atom. The molecule has 1 amide bonds. The van der Waals surface area contributed by atoms with E-state index in [-0.39, 0.29) is 11.7 Å². The number of ether oxygens (including phenoxy) is 1. The second kappa shape index (κ2) is 8.12. The quantitative estimate of drug-likeness (QED) is 0.713. The number of methoxy groups -OCH3 is 1. The zero-order valence-electron chi connectivity index (χ0n) is 15.5. The molecule has 0 aliphatic carbocycles. The number of rotatable bonds is 5. The Morgan fingerprint density at radius 1 is 1.18 bits per heavy atom. The van der Waals surface area contributed by atoms with Crippen molar-refractivity contribution < 1.29 is 13.9 Å². The van der Waals surface area contributed by atoms with Crippen LogP contribution in [0.3, 0.4) is 0 Å². The van der Waals surface area contributed by atoms with Gasteiger partial charge in [-0.15, -0.1) is 0 Å². The van der Waals surface area contributed by atoms with Crippen molar-refractivity contribution in [2.45, 2.75) is 0 Å². The molecule has 2 heterocycles. The van der Waals surface area contributed by atoms with Gasteiger partial charge >= 0.3 is 0 Å². The monoisotopic (exact) mass is 400 g/mol. The highest BCUT2D eigenvalue weighted by atomic mass is 32.1. The van der Waals surface area contributed by atoms with Gasteiger partial charge in [-0.05, 0) is 42.5 Å². The minimum Gasteiger partial charge on any atom is -0.497 e. The number of halogens is 1. The highest BCUT2D eigenvalue weighted by molar-refractivity contribution is 7.22. The molecule has 1 N–H and O–H groups in total. The van der Waals surface area contributed by atoms with Crippen LogP contribution >= 0.6 is 11.3 Å². The van der Waals surface area contributed by atoms with Crippen LogP contribution in [0, 0.1) is 5.82 Å². The summed E-state index contributed by atoms with van der Waals surface area (Å²) in [5.41, 5.74) is 1.85. The van der Waals surface area contributed by atoms with Gasteiger partial charge in [0.1, 0.15) is 11.6 Å². The molecule has 6 nitrogen and oxygen atoms in total. The number of anilines is 2. The maximum atomic E-state index is 13.1. The van der Waals surface area contributed by atoms with Gasteiger partial charge in [-0.3, -0.25) is 9.69 Å². The van der Waals surface area contributed by atoms with Crippen LogP contribution in [0.5, 0.6) is 5.75 Å². The average Bonchev–Trinajstić information content (AvgIpc) is 3.10. The third kappa shape index (κ3) is 4.23. The predicted molar refractivity (Wildman–Crippen MR) is 110 cm³/mol. The van der Waals surface area contributed by atoms with Crippen LogP contribution in [0.15, 0.2) is 42.5 Å². The molecule has 0 saturated carbocycles. The normalized spacial score (nSPS) is 15.0. The predicted octanol–water partition coefficient (Wildman–Crippen LogP) is 3.20. The molecule has 1 aliphatic rings. The Hall–Kier alpha value is -2.71. The number of aromatic nitrogens is 1. The number of hydrogen-bond acceptors (Lipinski definition) is 6. The molecule has 1 fully saturated rings. The van der Waals surface area contributed by atoms with Gasteiger partial charge in [0.25, 0.3) is 0 Å². The maximum absolute atomic E-state index is 13.1. The third-order valence-electron chi connectivity index (χ3n) is 4.77. The fourth-order valence-corrected chi connectivity index (χ4v) is 4.17. The largest absolute Gasteiger partial charge is 0.497 e. The van der Waals surface area contributed by atoms with Crippen molar-refractivity contribution in [3.05, 3.63) is 48.3 Å². The molecule has 2 aromatic carbocycles. The van der Waals surface area contributed by atoms with E-state index in [4.69, 9.17) is 4.74 Å². The standard InChI is InChI=1S/C20H21FN4O2S/c1-27-16-6-7-17-18(12-16)28-20(22-17)23-19(26)13-24-8-10-25(11-9-24)15-4-2-14(21)3-5-15/h2-7,12H,8-11,13H2,1H3,(H,22,23,26). The van der Waals surface area contributed by atoms with Gasteiger partial charge in [0.15, 0.2) is 5.13 Å². The van der Waals surface area contributed by atoms with E-state index in [2.05, 4.69) is 20.1 Å². The molecule has 0 atom stereocenters. The van der Waals surface area contributed by atoms with Gasteiger partial charge in [0.05, 0.1) is 23.9 Å². The molecule has 0 spiro atoms. The van der Waals surface area contributed by atoms with Crippen LogP contribution in [-0.2, 0) is 4.79 Å². The lowest BCUT2D eigenvalue weighted by Gasteiger charge is -2.35. The molecule has 146 valence electrons. The minimum atomic E-state index is -0.229. The minimum absolute atomic E-state index is 0.0683. The maximum Gasteiger partial charge on any atom is 0.240 e. The Morgan fingerprint density at radius 3 is 2.64 bits per heavy atom. The molecule has 3 aromatic rings. The molecule has 1 aliphatic heterocycles. The van der Waals surface area contributed by atoms with Crippen LogP contribution in [0.1, 0.15) is 0 Å². The SMILES string of the molecule is COc1ccc2nc(NC(=O)CN3CCN(c4ccc(F)cc4)CC3)sc2c1. The van der Waals surface area contributed by atoms with Crippen LogP contribution in [-0.4, -0.2) is 55.6 Å². The summed E-state index contributed by atoms with van der Waals surface area (Å²) in [5.74, 6) is 0.474. The summed E-state index contributed by atoms with van der Waals surface area (Å²) in [6, 6.07) is 12.2. The lowest BCUT2D eigenvalue weighted by atomic mass is 10.2. The second-order valence-electron chi connectivity index (χ2n) is 6.64. The number of piperazine rings is 1. The van der Waals surface area contributed by atoms with Crippen molar-refractivity contribution in [3.8, 4) is 5.75 Å². The molecule has 4 rings (SSSR count). The van der Waals surface area contributed by atoms with Crippen molar-refractivity contribution in [2.24, 2.45) is 0 Å². The smallest absolute Gasteiger partial charge is 0.240 e. The van der Waals surface area contributed by atoms with Gasteiger partial charge in [0.2, 0.25) is 5.91 Å². The van der Waals surface area contributed by atoms with E-state index in [0.29, 0.717) is 11.7 Å². The van der Waals surface area contributed by atoms with E-state index in [1.807, 2.05) is 18.2 Å². The van der Waals surface area contributed by atoms with E-state index in [9.17, 15) is 9.18 Å². The van der Waals surface area contributed by atoms with Gasteiger partial charge in [0, 0.05) is 31.9 Å². The van der Waals surface area contributed by atoms with Crippen molar-refractivity contribution in [2.75, 3.05) is 50.1 Å². The third-order valence-corrected chi connectivity index (χ3v) is 5.71. The number of nitrogens with one attached hydrogen (secondary N) is 1. The fourth-order valence-electron chi connectivity index (χ4n) is 3.26. The van der Waals surface area contributed by atoms with Gasteiger partial charge < -0.3 is 15.0 Å². The Balaban J connectivity index is 1.30. The topological polar surface area (TPSA) is 57.7 Å². The number of carbonyl (C=O) groups is 1. The summed E-state index contributed by atoms with van der Waals surface area (Å²) in [5, 5.41) is 3.49. The number of amides is 1. The summed E-state index contributed by atoms with van der Waals surface area (Å²) >= 11 is 1.44. The molecular weight excluding hydrogens is 379 g/mol. The van der Waals surface area contributed by atoms with Crippen LogP contribution in [0.4, 0.5) is 15.2 Å². The number of thiazole rings is 1. The van der Waals surface area contributed by atoms with E-state index in [1.54, 1.807) is 19.2 Å². The van der Waals surface area contributed by atoms with E-state index in [1.165, 1.54) is 23.5 Å². The average molecular weight is 400 g/mol. The first-order valence-corrected chi connectivity index (χ1v) is 9.90. The van der Waals surface area contributed by atoms with Gasteiger partial charge in [-0.1, -0.05) is 11.3 Å². The van der Waals surface area contributed by atoms with Gasteiger partial charge in [-0.2, -0.15) is 0 Å². The zero-order chi connectivity index (χ0) is 19.5. The Kier molecular flexibility index (Phi) is 5.40. The number of nitrogens with zero attached hydrogens (tertiary/aromatic N) is 3. The second-order valence-corrected chi connectivity index (χ2v) is 7.67. The Labute approximate surface area is 166 Å². The first-order valence-electron chi connectivity index (χ1n) is 9.08. The van der Waals surface area contributed by atoms with Crippen LogP contribution in [0.2, 0.25) is 0 Å². The molecule has 28 heavy (non-hydrogen) atoms. The summed E-state index contributed by atoms with van der Waals surface area (Å²) in [4.78, 5) is 21.2. The van der Waals surface area contributed by atoms with Crippen LogP contribution < -0.4 is 15.0 Å². The lowest BCUT2D eigenvalue weighted by molar-refractivity contribution is -0.117. The molecular formula is C20H21FN4O2S. The molecule has 1 saturated heterocycles. The number of carbonyl (C=O) groups excluding carboxylic acids is 1. The lowest BCUT2D eigenvalue weighted by Crippen LogP contribution is -2.48. The molecule has 0 bridgehead atoms. The van der Waals surface area contributed by atoms with Crippen molar-refractivity contribution in [1.82, 2.24) is 9.88 Å². The highest BCUT2D eigenvalue weighted by Gasteiger charge is 2.20. The molecule has 8 heteroatoms. The van der Waals surface area contributed by atoms with E-state index < -0.39 is 0 Å².